The van der Waals surface area contributed by atoms with Gasteiger partial charge in [0.15, 0.2) is 0 Å². The van der Waals surface area contributed by atoms with Gasteiger partial charge in [0.25, 0.3) is 0 Å². The lowest BCUT2D eigenvalue weighted by molar-refractivity contribution is 0.121. The van der Waals surface area contributed by atoms with E-state index in [1.54, 1.807) is 0 Å². The molecule has 0 bridgehead atoms. The molecule has 52 valence electrons. The molecule has 0 atom stereocenters. The summed E-state index contributed by atoms with van der Waals surface area (Å²) in [6, 6.07) is 0. The minimum Gasteiger partial charge on any atom is -0.393 e. The van der Waals surface area contributed by atoms with Crippen molar-refractivity contribution in [2.45, 2.75) is 31.8 Å². The van der Waals surface area contributed by atoms with Gasteiger partial charge in [-0.2, -0.15) is 0 Å². The van der Waals surface area contributed by atoms with E-state index >= 15 is 0 Å². The summed E-state index contributed by atoms with van der Waals surface area (Å²) < 4.78 is 0. The molecular formula is C7H13NO. The summed E-state index contributed by atoms with van der Waals surface area (Å²) in [7, 11) is 0. The van der Waals surface area contributed by atoms with Crippen LogP contribution in [0.3, 0.4) is 0 Å². The highest BCUT2D eigenvalue weighted by molar-refractivity contribution is 5.56. The van der Waals surface area contributed by atoms with E-state index in [1.807, 2.05) is 0 Å². The molecule has 0 spiro atoms. The van der Waals surface area contributed by atoms with Crippen molar-refractivity contribution in [3.63, 3.8) is 0 Å². The summed E-state index contributed by atoms with van der Waals surface area (Å²) in [5.41, 5.74) is 0. The SMILES string of the molecule is N=CC1CCC(O)CC1. The zero-order valence-electron chi connectivity index (χ0n) is 5.51. The zero-order valence-corrected chi connectivity index (χ0v) is 5.51. The fourth-order valence-electron chi connectivity index (χ4n) is 1.27. The van der Waals surface area contributed by atoms with Gasteiger partial charge in [0.05, 0.1) is 6.10 Å². The van der Waals surface area contributed by atoms with Crippen LogP contribution in [-0.4, -0.2) is 17.4 Å². The van der Waals surface area contributed by atoms with Crippen molar-refractivity contribution in [3.05, 3.63) is 0 Å². The molecule has 0 radical (unpaired) electrons. The van der Waals surface area contributed by atoms with Gasteiger partial charge >= 0.3 is 0 Å². The molecular weight excluding hydrogens is 114 g/mol. The van der Waals surface area contributed by atoms with Crippen LogP contribution >= 0.6 is 0 Å². The second-order valence-electron chi connectivity index (χ2n) is 2.74. The number of hydrogen-bond acceptors (Lipinski definition) is 2. The number of rotatable bonds is 1. The topological polar surface area (TPSA) is 44.1 Å². The van der Waals surface area contributed by atoms with Gasteiger partial charge in [0.2, 0.25) is 0 Å². The van der Waals surface area contributed by atoms with Gasteiger partial charge in [0, 0.05) is 0 Å². The van der Waals surface area contributed by atoms with Crippen LogP contribution in [0.25, 0.3) is 0 Å². The van der Waals surface area contributed by atoms with Crippen LogP contribution in [0.15, 0.2) is 0 Å². The Kier molecular flexibility index (Phi) is 2.22. The van der Waals surface area contributed by atoms with Crippen molar-refractivity contribution in [2.24, 2.45) is 5.92 Å². The molecule has 0 aromatic rings. The van der Waals surface area contributed by atoms with Crippen molar-refractivity contribution >= 4 is 6.21 Å². The van der Waals surface area contributed by atoms with Crippen LogP contribution in [-0.2, 0) is 0 Å². The van der Waals surface area contributed by atoms with Crippen LogP contribution < -0.4 is 0 Å². The van der Waals surface area contributed by atoms with Gasteiger partial charge in [-0.25, -0.2) is 0 Å². The van der Waals surface area contributed by atoms with E-state index in [0.29, 0.717) is 5.92 Å². The molecule has 1 fully saturated rings. The molecule has 0 aromatic carbocycles. The molecule has 0 aromatic heterocycles. The third-order valence-corrected chi connectivity index (χ3v) is 1.98. The van der Waals surface area contributed by atoms with E-state index in [1.165, 1.54) is 6.21 Å². The van der Waals surface area contributed by atoms with Gasteiger partial charge in [-0.3, -0.25) is 0 Å². The summed E-state index contributed by atoms with van der Waals surface area (Å²) in [6.07, 6.45) is 5.21. The van der Waals surface area contributed by atoms with Crippen molar-refractivity contribution in [2.75, 3.05) is 0 Å². The van der Waals surface area contributed by atoms with Gasteiger partial charge in [-0.15, -0.1) is 0 Å². The van der Waals surface area contributed by atoms with E-state index < -0.39 is 0 Å². The molecule has 1 rings (SSSR count). The van der Waals surface area contributed by atoms with E-state index in [9.17, 15) is 0 Å². The van der Waals surface area contributed by atoms with Gasteiger partial charge in [-0.05, 0) is 37.8 Å². The number of aliphatic hydroxyl groups is 1. The maximum atomic E-state index is 9.05. The highest BCUT2D eigenvalue weighted by Crippen LogP contribution is 2.21. The molecule has 1 aliphatic carbocycles. The van der Waals surface area contributed by atoms with Gasteiger partial charge < -0.3 is 10.5 Å². The smallest absolute Gasteiger partial charge is 0.0540 e. The molecule has 1 aliphatic rings. The second-order valence-corrected chi connectivity index (χ2v) is 2.74. The maximum absolute atomic E-state index is 9.05. The van der Waals surface area contributed by atoms with E-state index in [-0.39, 0.29) is 6.10 Å². The van der Waals surface area contributed by atoms with Crippen LogP contribution in [0.2, 0.25) is 0 Å². The quantitative estimate of drug-likeness (QED) is 0.510. The lowest BCUT2D eigenvalue weighted by Gasteiger charge is -2.21. The lowest BCUT2D eigenvalue weighted by atomic mass is 9.88. The molecule has 0 unspecified atom stereocenters. The number of nitrogens with one attached hydrogen (secondary N) is 1. The first kappa shape index (κ1) is 6.75. The summed E-state index contributed by atoms with van der Waals surface area (Å²) in [5.74, 6) is 0.452. The molecule has 9 heavy (non-hydrogen) atoms. The number of aliphatic hydroxyl groups excluding tert-OH is 1. The van der Waals surface area contributed by atoms with Crippen molar-refractivity contribution in [1.82, 2.24) is 0 Å². The standard InChI is InChI=1S/C7H13NO/c8-5-6-1-3-7(9)4-2-6/h5-9H,1-4H2. The van der Waals surface area contributed by atoms with Crippen molar-refractivity contribution < 1.29 is 5.11 Å². The molecule has 1 saturated carbocycles. The molecule has 2 N–H and O–H groups in total. The average Bonchev–Trinajstić information content (AvgIpc) is 1.90. The Morgan fingerprint density at radius 2 is 1.78 bits per heavy atom. The summed E-state index contributed by atoms with van der Waals surface area (Å²) in [4.78, 5) is 0. The first-order valence-electron chi connectivity index (χ1n) is 3.51. The molecule has 0 aliphatic heterocycles. The van der Waals surface area contributed by atoms with Crippen LogP contribution in [0.1, 0.15) is 25.7 Å². The first-order chi connectivity index (χ1) is 4.33. The highest BCUT2D eigenvalue weighted by Gasteiger charge is 2.16. The predicted octanol–water partition coefficient (Wildman–Crippen LogP) is 1.19. The summed E-state index contributed by atoms with van der Waals surface area (Å²) in [6.45, 7) is 0. The minimum atomic E-state index is -0.0822. The van der Waals surface area contributed by atoms with Crippen LogP contribution in [0.5, 0.6) is 0 Å². The van der Waals surface area contributed by atoms with E-state index in [4.69, 9.17) is 10.5 Å². The first-order valence-corrected chi connectivity index (χ1v) is 3.51. The van der Waals surface area contributed by atoms with Gasteiger partial charge in [0.1, 0.15) is 0 Å². The summed E-state index contributed by atoms with van der Waals surface area (Å²) in [5, 5.41) is 16.0. The van der Waals surface area contributed by atoms with Gasteiger partial charge in [-0.1, -0.05) is 0 Å². The zero-order chi connectivity index (χ0) is 6.69. The predicted molar refractivity (Wildman–Crippen MR) is 36.7 cm³/mol. The summed E-state index contributed by atoms with van der Waals surface area (Å²) >= 11 is 0. The monoisotopic (exact) mass is 127 g/mol. The molecule has 2 nitrogen and oxygen atoms in total. The largest absolute Gasteiger partial charge is 0.393 e. The molecule has 0 heterocycles. The van der Waals surface area contributed by atoms with Crippen molar-refractivity contribution in [3.8, 4) is 0 Å². The van der Waals surface area contributed by atoms with Crippen LogP contribution in [0, 0.1) is 11.3 Å². The van der Waals surface area contributed by atoms with E-state index in [2.05, 4.69) is 0 Å². The molecule has 2 heteroatoms. The Labute approximate surface area is 55.4 Å². The fraction of sp³-hybridized carbons (Fsp3) is 0.857. The lowest BCUT2D eigenvalue weighted by Crippen LogP contribution is -2.18. The average molecular weight is 127 g/mol. The Balaban J connectivity index is 2.26. The van der Waals surface area contributed by atoms with E-state index in [0.717, 1.165) is 25.7 Å². The third-order valence-electron chi connectivity index (χ3n) is 1.98. The number of hydrogen-bond donors (Lipinski definition) is 2. The van der Waals surface area contributed by atoms with Crippen molar-refractivity contribution in [1.29, 1.82) is 5.41 Å². The maximum Gasteiger partial charge on any atom is 0.0540 e. The fourth-order valence-corrected chi connectivity index (χ4v) is 1.27. The normalized spacial score (nSPS) is 36.1. The molecule has 0 saturated heterocycles. The van der Waals surface area contributed by atoms with Crippen LogP contribution in [0.4, 0.5) is 0 Å². The Morgan fingerprint density at radius 3 is 2.22 bits per heavy atom. The Hall–Kier alpha value is -0.370. The highest BCUT2D eigenvalue weighted by atomic mass is 16.3. The molecule has 0 amide bonds. The third kappa shape index (κ3) is 1.79. The Bertz CT molecular complexity index is 95.1. The second kappa shape index (κ2) is 2.97. The Morgan fingerprint density at radius 1 is 1.22 bits per heavy atom. The minimum absolute atomic E-state index is 0.0822.